The Morgan fingerprint density at radius 3 is 2.73 bits per heavy atom. The summed E-state index contributed by atoms with van der Waals surface area (Å²) in [4.78, 5) is 16.1. The second kappa shape index (κ2) is 8.83. The average Bonchev–Trinajstić information content (AvgIpc) is 2.67. The summed E-state index contributed by atoms with van der Waals surface area (Å²) in [5, 5.41) is 3.48. The summed E-state index contributed by atoms with van der Waals surface area (Å²) in [5.41, 5.74) is 2.55. The maximum absolute atomic E-state index is 12.1. The van der Waals surface area contributed by atoms with Crippen molar-refractivity contribution in [3.8, 4) is 5.75 Å². The van der Waals surface area contributed by atoms with E-state index >= 15 is 0 Å². The number of benzene rings is 2. The maximum Gasteiger partial charge on any atom is 0.248 e. The van der Waals surface area contributed by atoms with Crippen LogP contribution in [-0.2, 0) is 11.4 Å². The fraction of sp³-hybridized carbons (Fsp3) is 0.0476. The standard InChI is InChI=1S/C21H17ClN2O2/c22-18-9-6-16(7-10-18)8-11-21(25)24-19-4-1-5-20(13-19)26-15-17-3-2-12-23-14-17/h1-14H,15H2,(H,24,25)/b11-8+. The Morgan fingerprint density at radius 2 is 1.96 bits per heavy atom. The van der Waals surface area contributed by atoms with Crippen LogP contribution in [0.5, 0.6) is 5.75 Å². The third-order valence-electron chi connectivity index (χ3n) is 3.53. The van der Waals surface area contributed by atoms with Gasteiger partial charge in [-0.1, -0.05) is 35.9 Å². The van der Waals surface area contributed by atoms with Crippen molar-refractivity contribution in [1.29, 1.82) is 0 Å². The van der Waals surface area contributed by atoms with E-state index in [4.69, 9.17) is 16.3 Å². The van der Waals surface area contributed by atoms with Gasteiger partial charge >= 0.3 is 0 Å². The quantitative estimate of drug-likeness (QED) is 0.628. The summed E-state index contributed by atoms with van der Waals surface area (Å²) in [6, 6.07) is 18.3. The molecule has 0 fully saturated rings. The number of rotatable bonds is 6. The first-order chi connectivity index (χ1) is 12.7. The van der Waals surface area contributed by atoms with Gasteiger partial charge in [-0.05, 0) is 42.0 Å². The Labute approximate surface area is 157 Å². The predicted octanol–water partition coefficient (Wildman–Crippen LogP) is 4.97. The zero-order valence-electron chi connectivity index (χ0n) is 13.9. The second-order valence-corrected chi connectivity index (χ2v) is 5.99. The van der Waals surface area contributed by atoms with Crippen LogP contribution in [0.4, 0.5) is 5.69 Å². The minimum Gasteiger partial charge on any atom is -0.489 e. The van der Waals surface area contributed by atoms with E-state index in [-0.39, 0.29) is 5.91 Å². The number of carbonyl (C=O) groups is 1. The van der Waals surface area contributed by atoms with E-state index in [2.05, 4.69) is 10.3 Å². The van der Waals surface area contributed by atoms with Gasteiger partial charge in [-0.3, -0.25) is 9.78 Å². The SMILES string of the molecule is O=C(/C=C/c1ccc(Cl)cc1)Nc1cccc(OCc2cccnc2)c1. The predicted molar refractivity (Wildman–Crippen MR) is 104 cm³/mol. The average molecular weight is 365 g/mol. The Kier molecular flexibility index (Phi) is 6.01. The lowest BCUT2D eigenvalue weighted by Gasteiger charge is -2.08. The van der Waals surface area contributed by atoms with Crippen molar-refractivity contribution in [3.63, 3.8) is 0 Å². The smallest absolute Gasteiger partial charge is 0.248 e. The molecule has 2 aromatic carbocycles. The number of pyridine rings is 1. The summed E-state index contributed by atoms with van der Waals surface area (Å²) in [6.45, 7) is 0.418. The molecule has 3 rings (SSSR count). The number of amides is 1. The first kappa shape index (κ1) is 17.7. The third kappa shape index (κ3) is 5.46. The van der Waals surface area contributed by atoms with Gasteiger partial charge in [-0.15, -0.1) is 0 Å². The molecular formula is C21H17ClN2O2. The van der Waals surface area contributed by atoms with Gasteiger partial charge in [0, 0.05) is 40.8 Å². The van der Waals surface area contributed by atoms with E-state index in [0.717, 1.165) is 11.1 Å². The number of nitrogens with zero attached hydrogens (tertiary/aromatic N) is 1. The van der Waals surface area contributed by atoms with Gasteiger partial charge in [-0.25, -0.2) is 0 Å². The zero-order chi connectivity index (χ0) is 18.2. The van der Waals surface area contributed by atoms with Gasteiger partial charge in [0.2, 0.25) is 5.91 Å². The number of nitrogens with one attached hydrogen (secondary N) is 1. The summed E-state index contributed by atoms with van der Waals surface area (Å²) in [6.07, 6.45) is 6.69. The van der Waals surface area contributed by atoms with Crippen molar-refractivity contribution in [3.05, 3.63) is 95.3 Å². The Balaban J connectivity index is 1.57. The van der Waals surface area contributed by atoms with Gasteiger partial charge in [0.05, 0.1) is 0 Å². The normalized spacial score (nSPS) is 10.7. The number of hydrogen-bond donors (Lipinski definition) is 1. The molecule has 4 nitrogen and oxygen atoms in total. The molecule has 0 aliphatic carbocycles. The fourth-order valence-corrected chi connectivity index (χ4v) is 2.37. The molecule has 5 heteroatoms. The minimum atomic E-state index is -0.218. The van der Waals surface area contributed by atoms with Crippen LogP contribution in [0, 0.1) is 0 Å². The van der Waals surface area contributed by atoms with E-state index in [1.807, 2.05) is 42.5 Å². The number of aromatic nitrogens is 1. The molecule has 0 spiro atoms. The van der Waals surface area contributed by atoms with Crippen LogP contribution in [-0.4, -0.2) is 10.9 Å². The molecule has 0 saturated carbocycles. The lowest BCUT2D eigenvalue weighted by atomic mass is 10.2. The van der Waals surface area contributed by atoms with E-state index < -0.39 is 0 Å². The molecule has 0 aliphatic rings. The largest absolute Gasteiger partial charge is 0.489 e. The van der Waals surface area contributed by atoms with E-state index in [0.29, 0.717) is 23.1 Å². The monoisotopic (exact) mass is 364 g/mol. The van der Waals surface area contributed by atoms with Crippen molar-refractivity contribution < 1.29 is 9.53 Å². The molecule has 1 heterocycles. The van der Waals surface area contributed by atoms with Crippen molar-refractivity contribution >= 4 is 29.3 Å². The Hall–Kier alpha value is -3.11. The highest BCUT2D eigenvalue weighted by Gasteiger charge is 2.01. The molecule has 1 aromatic heterocycles. The molecule has 0 aliphatic heterocycles. The van der Waals surface area contributed by atoms with Crippen LogP contribution in [0.25, 0.3) is 6.08 Å². The van der Waals surface area contributed by atoms with Crippen molar-refractivity contribution in [2.75, 3.05) is 5.32 Å². The van der Waals surface area contributed by atoms with Gasteiger partial charge in [0.25, 0.3) is 0 Å². The first-order valence-electron chi connectivity index (χ1n) is 8.05. The highest BCUT2D eigenvalue weighted by molar-refractivity contribution is 6.30. The first-order valence-corrected chi connectivity index (χ1v) is 8.43. The lowest BCUT2D eigenvalue weighted by Crippen LogP contribution is -2.07. The number of ether oxygens (including phenoxy) is 1. The summed E-state index contributed by atoms with van der Waals surface area (Å²) in [5.74, 6) is 0.456. The van der Waals surface area contributed by atoms with Crippen molar-refractivity contribution in [2.45, 2.75) is 6.61 Å². The fourth-order valence-electron chi connectivity index (χ4n) is 2.24. The van der Waals surface area contributed by atoms with Crippen LogP contribution in [0.3, 0.4) is 0 Å². The molecule has 0 saturated heterocycles. The molecular weight excluding hydrogens is 348 g/mol. The lowest BCUT2D eigenvalue weighted by molar-refractivity contribution is -0.111. The third-order valence-corrected chi connectivity index (χ3v) is 3.78. The van der Waals surface area contributed by atoms with Gasteiger partial charge in [0.15, 0.2) is 0 Å². The highest BCUT2D eigenvalue weighted by Crippen LogP contribution is 2.19. The molecule has 0 radical (unpaired) electrons. The van der Waals surface area contributed by atoms with Crippen LogP contribution < -0.4 is 10.1 Å². The molecule has 130 valence electrons. The molecule has 1 amide bonds. The Bertz CT molecular complexity index is 893. The molecule has 0 unspecified atom stereocenters. The molecule has 1 N–H and O–H groups in total. The van der Waals surface area contributed by atoms with Crippen LogP contribution in [0.15, 0.2) is 79.1 Å². The summed E-state index contributed by atoms with van der Waals surface area (Å²) >= 11 is 5.84. The Morgan fingerprint density at radius 1 is 1.12 bits per heavy atom. The van der Waals surface area contributed by atoms with Crippen molar-refractivity contribution in [1.82, 2.24) is 4.98 Å². The number of halogens is 1. The minimum absolute atomic E-state index is 0.218. The summed E-state index contributed by atoms with van der Waals surface area (Å²) in [7, 11) is 0. The topological polar surface area (TPSA) is 51.2 Å². The van der Waals surface area contributed by atoms with E-state index in [9.17, 15) is 4.79 Å². The van der Waals surface area contributed by atoms with Gasteiger partial charge in [0.1, 0.15) is 12.4 Å². The van der Waals surface area contributed by atoms with E-state index in [1.165, 1.54) is 6.08 Å². The highest BCUT2D eigenvalue weighted by atomic mass is 35.5. The van der Waals surface area contributed by atoms with Gasteiger partial charge < -0.3 is 10.1 Å². The van der Waals surface area contributed by atoms with Gasteiger partial charge in [-0.2, -0.15) is 0 Å². The number of anilines is 1. The molecule has 0 atom stereocenters. The van der Waals surface area contributed by atoms with E-state index in [1.54, 1.807) is 36.7 Å². The molecule has 3 aromatic rings. The van der Waals surface area contributed by atoms with Crippen LogP contribution in [0.2, 0.25) is 5.02 Å². The number of hydrogen-bond acceptors (Lipinski definition) is 3. The molecule has 26 heavy (non-hydrogen) atoms. The second-order valence-electron chi connectivity index (χ2n) is 5.55. The summed E-state index contributed by atoms with van der Waals surface area (Å²) < 4.78 is 5.73. The molecule has 0 bridgehead atoms. The zero-order valence-corrected chi connectivity index (χ0v) is 14.7. The number of carbonyl (C=O) groups excluding carboxylic acids is 1. The van der Waals surface area contributed by atoms with Crippen molar-refractivity contribution in [2.24, 2.45) is 0 Å². The van der Waals surface area contributed by atoms with Crippen LogP contribution >= 0.6 is 11.6 Å². The van der Waals surface area contributed by atoms with Crippen LogP contribution in [0.1, 0.15) is 11.1 Å². The maximum atomic E-state index is 12.1.